The van der Waals surface area contributed by atoms with E-state index in [0.717, 1.165) is 6.07 Å². The van der Waals surface area contributed by atoms with Crippen molar-refractivity contribution in [1.82, 2.24) is 4.72 Å². The van der Waals surface area contributed by atoms with Gasteiger partial charge < -0.3 is 0 Å². The number of nitrogens with zero attached hydrogens (tertiary/aromatic N) is 1. The first-order valence-electron chi connectivity index (χ1n) is 7.88. The summed E-state index contributed by atoms with van der Waals surface area (Å²) in [5.41, 5.74) is -1.55. The Balaban J connectivity index is 3.28. The van der Waals surface area contributed by atoms with E-state index in [-0.39, 0.29) is 5.56 Å². The fourth-order valence-electron chi connectivity index (χ4n) is 2.15. The molecule has 0 fully saturated rings. The van der Waals surface area contributed by atoms with E-state index < -0.39 is 38.3 Å². The van der Waals surface area contributed by atoms with Crippen LogP contribution in [0.25, 0.3) is 0 Å². The molecule has 0 bridgehead atoms. The number of rotatable bonds is 6. The Morgan fingerprint density at radius 2 is 1.71 bits per heavy atom. The molecule has 0 heterocycles. The number of hydrogen-bond donors (Lipinski definition) is 1. The normalized spacial score (nSPS) is 16.3. The molecule has 0 unspecified atom stereocenters. The fraction of sp³-hybridized carbons (Fsp3) is 0.611. The lowest BCUT2D eigenvalue weighted by atomic mass is 9.80. The smallest absolute Gasteiger partial charge is 0.163 e. The number of nitrogens with one attached hydrogen (secondary N) is 1. The summed E-state index contributed by atoms with van der Waals surface area (Å²) in [5.74, 6) is -1.89. The highest BCUT2D eigenvalue weighted by molar-refractivity contribution is 7.84. The largest absolute Gasteiger partial charge is 0.242 e. The first-order valence-corrected chi connectivity index (χ1v) is 9.03. The first kappa shape index (κ1) is 20.7. The van der Waals surface area contributed by atoms with Gasteiger partial charge in [0.2, 0.25) is 0 Å². The summed E-state index contributed by atoms with van der Waals surface area (Å²) in [5, 5.41) is 9.21. The van der Waals surface area contributed by atoms with Gasteiger partial charge in [-0.25, -0.2) is 17.7 Å². The van der Waals surface area contributed by atoms with Gasteiger partial charge in [-0.1, -0.05) is 12.1 Å². The van der Waals surface area contributed by atoms with Gasteiger partial charge in [0.05, 0.1) is 32.8 Å². The van der Waals surface area contributed by atoms with Crippen LogP contribution < -0.4 is 4.72 Å². The second-order valence-electron chi connectivity index (χ2n) is 7.91. The van der Waals surface area contributed by atoms with Crippen LogP contribution in [0.3, 0.4) is 0 Å². The molecule has 0 aliphatic rings. The average molecular weight is 356 g/mol. The summed E-state index contributed by atoms with van der Waals surface area (Å²) < 4.78 is 43.0. The van der Waals surface area contributed by atoms with E-state index in [2.05, 4.69) is 10.8 Å². The molecule has 1 aromatic rings. The van der Waals surface area contributed by atoms with Gasteiger partial charge in [0.25, 0.3) is 0 Å². The molecule has 0 amide bonds. The zero-order chi connectivity index (χ0) is 18.8. The Morgan fingerprint density at radius 3 is 2.21 bits per heavy atom. The quantitative estimate of drug-likeness (QED) is 0.812. The predicted octanol–water partition coefficient (Wildman–Crippen LogP) is 4.56. The van der Waals surface area contributed by atoms with E-state index in [1.54, 1.807) is 41.5 Å². The molecule has 0 radical (unpaired) electrons. The second kappa shape index (κ2) is 7.28. The van der Waals surface area contributed by atoms with Gasteiger partial charge in [0, 0.05) is 5.56 Å². The zero-order valence-corrected chi connectivity index (χ0v) is 16.0. The van der Waals surface area contributed by atoms with Crippen molar-refractivity contribution in [2.75, 3.05) is 0 Å². The van der Waals surface area contributed by atoms with Gasteiger partial charge in [-0.15, -0.1) is 0 Å². The van der Waals surface area contributed by atoms with Gasteiger partial charge in [-0.05, 0) is 60.5 Å². The van der Waals surface area contributed by atoms with E-state index in [1.807, 2.05) is 0 Å². The number of halogens is 2. The van der Waals surface area contributed by atoms with Crippen molar-refractivity contribution in [3.05, 3.63) is 35.4 Å². The first-order chi connectivity index (χ1) is 10.8. The third-order valence-corrected chi connectivity index (χ3v) is 5.72. The SMILES string of the molecule is CC(C)(C#N)CC[C@](C)(N[S@](=O)C(C)(C)C)c1cccc(F)c1F. The molecule has 6 heteroatoms. The molecule has 0 spiro atoms. The lowest BCUT2D eigenvalue weighted by Gasteiger charge is -2.35. The van der Waals surface area contributed by atoms with Crippen molar-refractivity contribution >= 4 is 11.0 Å². The summed E-state index contributed by atoms with van der Waals surface area (Å²) in [6, 6.07) is 6.18. The number of benzene rings is 1. The standard InChI is InChI=1S/C18H26F2N2OS/c1-16(2,3)24(23)22-18(6,11-10-17(4,5)12-21)13-8-7-9-14(19)15(13)20/h7-9,22H,10-11H2,1-6H3/t18-,24+/m0/s1. The van der Waals surface area contributed by atoms with E-state index >= 15 is 0 Å². The third-order valence-electron chi connectivity index (χ3n) is 3.97. The highest BCUT2D eigenvalue weighted by Gasteiger charge is 2.36. The highest BCUT2D eigenvalue weighted by atomic mass is 32.2. The minimum absolute atomic E-state index is 0.119. The van der Waals surface area contributed by atoms with Crippen molar-refractivity contribution in [2.24, 2.45) is 5.41 Å². The van der Waals surface area contributed by atoms with Crippen molar-refractivity contribution < 1.29 is 13.0 Å². The summed E-state index contributed by atoms with van der Waals surface area (Å²) in [6.45, 7) is 10.7. The molecule has 0 aliphatic heterocycles. The van der Waals surface area contributed by atoms with Crippen LogP contribution in [0.15, 0.2) is 18.2 Å². The molecule has 134 valence electrons. The van der Waals surface area contributed by atoms with E-state index in [4.69, 9.17) is 0 Å². The van der Waals surface area contributed by atoms with Crippen molar-refractivity contribution in [3.63, 3.8) is 0 Å². The molecule has 3 nitrogen and oxygen atoms in total. The van der Waals surface area contributed by atoms with Gasteiger partial charge in [-0.3, -0.25) is 0 Å². The van der Waals surface area contributed by atoms with Crippen LogP contribution in [0.2, 0.25) is 0 Å². The minimum Gasteiger partial charge on any atom is -0.242 e. The molecule has 1 aromatic carbocycles. The molecule has 24 heavy (non-hydrogen) atoms. The van der Waals surface area contributed by atoms with Gasteiger partial charge >= 0.3 is 0 Å². The molecule has 0 aliphatic carbocycles. The molecule has 0 saturated carbocycles. The third kappa shape index (κ3) is 5.09. The summed E-state index contributed by atoms with van der Waals surface area (Å²) in [7, 11) is -1.47. The maximum absolute atomic E-state index is 14.4. The van der Waals surface area contributed by atoms with E-state index in [1.165, 1.54) is 12.1 Å². The number of hydrogen-bond acceptors (Lipinski definition) is 2. The second-order valence-corrected chi connectivity index (χ2v) is 9.88. The minimum atomic E-state index is -1.47. The van der Waals surface area contributed by atoms with Gasteiger partial charge in [0.15, 0.2) is 11.6 Å². The highest BCUT2D eigenvalue weighted by Crippen LogP contribution is 2.35. The van der Waals surface area contributed by atoms with Crippen molar-refractivity contribution in [3.8, 4) is 6.07 Å². The van der Waals surface area contributed by atoms with Gasteiger partial charge in [0.1, 0.15) is 0 Å². The number of nitriles is 1. The molecular weight excluding hydrogens is 330 g/mol. The topological polar surface area (TPSA) is 52.9 Å². The van der Waals surface area contributed by atoms with Crippen LogP contribution in [0.1, 0.15) is 59.9 Å². The molecule has 2 atom stereocenters. The lowest BCUT2D eigenvalue weighted by molar-refractivity contribution is 0.314. The summed E-state index contributed by atoms with van der Waals surface area (Å²) in [6.07, 6.45) is 0.792. The molecule has 1 N–H and O–H groups in total. The van der Waals surface area contributed by atoms with Crippen LogP contribution in [0.4, 0.5) is 8.78 Å². The Kier molecular flexibility index (Phi) is 6.29. The Labute approximate surface area is 146 Å². The predicted molar refractivity (Wildman–Crippen MR) is 93.4 cm³/mol. The summed E-state index contributed by atoms with van der Waals surface area (Å²) in [4.78, 5) is 0. The van der Waals surface area contributed by atoms with Crippen LogP contribution >= 0.6 is 0 Å². The van der Waals surface area contributed by atoms with Gasteiger partial charge in [-0.2, -0.15) is 5.26 Å². The Bertz CT molecular complexity index is 662. The Hall–Kier alpha value is -1.32. The Morgan fingerprint density at radius 1 is 1.12 bits per heavy atom. The lowest BCUT2D eigenvalue weighted by Crippen LogP contribution is -2.47. The van der Waals surface area contributed by atoms with E-state index in [9.17, 15) is 18.3 Å². The monoisotopic (exact) mass is 356 g/mol. The zero-order valence-electron chi connectivity index (χ0n) is 15.2. The van der Waals surface area contributed by atoms with Crippen molar-refractivity contribution in [2.45, 2.75) is 64.7 Å². The average Bonchev–Trinajstić information content (AvgIpc) is 2.47. The molecule has 0 saturated heterocycles. The molecule has 1 rings (SSSR count). The van der Waals surface area contributed by atoms with E-state index in [0.29, 0.717) is 12.8 Å². The fourth-order valence-corrected chi connectivity index (χ4v) is 3.07. The molecule has 0 aromatic heterocycles. The van der Waals surface area contributed by atoms with Crippen LogP contribution in [-0.4, -0.2) is 8.96 Å². The molecular formula is C18H26F2N2OS. The van der Waals surface area contributed by atoms with Crippen molar-refractivity contribution in [1.29, 1.82) is 5.26 Å². The van der Waals surface area contributed by atoms with Crippen LogP contribution in [0, 0.1) is 28.4 Å². The summed E-state index contributed by atoms with van der Waals surface area (Å²) >= 11 is 0. The maximum atomic E-state index is 14.4. The maximum Gasteiger partial charge on any atom is 0.163 e. The van der Waals surface area contributed by atoms with Crippen LogP contribution in [-0.2, 0) is 16.5 Å². The van der Waals surface area contributed by atoms with Crippen LogP contribution in [0.5, 0.6) is 0 Å².